The number of anilines is 2. The number of ether oxygens (including phenoxy) is 1. The Morgan fingerprint density at radius 3 is 2.41 bits per heavy atom. The number of nitrogens with one attached hydrogen (secondary N) is 1. The smallest absolute Gasteiger partial charge is 0.410 e. The second kappa shape index (κ2) is 12.5. The van der Waals surface area contributed by atoms with Crippen LogP contribution in [0.25, 0.3) is 0 Å². The molecule has 1 aromatic heterocycles. The van der Waals surface area contributed by atoms with Crippen LogP contribution in [0.3, 0.4) is 0 Å². The maximum absolute atomic E-state index is 13.8. The molecule has 2 heterocycles. The van der Waals surface area contributed by atoms with E-state index in [2.05, 4.69) is 10.3 Å². The van der Waals surface area contributed by atoms with Gasteiger partial charge < -0.3 is 15.0 Å². The van der Waals surface area contributed by atoms with E-state index in [0.717, 1.165) is 18.4 Å². The van der Waals surface area contributed by atoms with Crippen molar-refractivity contribution < 1.29 is 14.3 Å². The van der Waals surface area contributed by atoms with Crippen LogP contribution in [0.15, 0.2) is 66.9 Å². The van der Waals surface area contributed by atoms with Crippen LogP contribution in [0.4, 0.5) is 16.6 Å². The molecule has 0 spiro atoms. The van der Waals surface area contributed by atoms with Crippen molar-refractivity contribution >= 4 is 35.4 Å². The molecule has 1 saturated heterocycles. The topological polar surface area (TPSA) is 87.7 Å². The number of halogens is 1. The summed E-state index contributed by atoms with van der Waals surface area (Å²) in [6, 6.07) is 18.8. The van der Waals surface area contributed by atoms with E-state index in [1.54, 1.807) is 46.3 Å². The molecular weight excluding hydrogens is 514 g/mol. The molecule has 0 bridgehead atoms. The molecule has 4 rings (SSSR count). The number of carbonyl (C=O) groups excluding carboxylic acids is 2. The van der Waals surface area contributed by atoms with E-state index in [1.807, 2.05) is 58.0 Å². The fraction of sp³-hybridized carbons (Fsp3) is 0.400. The molecule has 1 fully saturated rings. The molecule has 8 nitrogen and oxygen atoms in total. The van der Waals surface area contributed by atoms with Crippen LogP contribution in [-0.4, -0.2) is 52.1 Å². The third-order valence-electron chi connectivity index (χ3n) is 6.62. The van der Waals surface area contributed by atoms with Gasteiger partial charge in [-0.25, -0.2) is 9.78 Å². The van der Waals surface area contributed by atoms with Crippen molar-refractivity contribution in [1.29, 1.82) is 0 Å². The van der Waals surface area contributed by atoms with Gasteiger partial charge in [-0.15, -0.1) is 0 Å². The van der Waals surface area contributed by atoms with Gasteiger partial charge in [-0.05, 0) is 70.2 Å². The summed E-state index contributed by atoms with van der Waals surface area (Å²) in [5.41, 5.74) is 0.978. The number of rotatable bonds is 7. The molecule has 39 heavy (non-hydrogen) atoms. The molecule has 1 atom stereocenters. The highest BCUT2D eigenvalue weighted by Gasteiger charge is 2.30. The predicted molar refractivity (Wildman–Crippen MR) is 154 cm³/mol. The molecule has 0 radical (unpaired) electrons. The van der Waals surface area contributed by atoms with E-state index in [1.165, 1.54) is 0 Å². The minimum atomic E-state index is -0.539. The maximum atomic E-state index is 13.8. The van der Waals surface area contributed by atoms with Gasteiger partial charge in [0.05, 0.1) is 16.6 Å². The first-order valence-electron chi connectivity index (χ1n) is 13.3. The lowest BCUT2D eigenvalue weighted by Crippen LogP contribution is -2.45. The fourth-order valence-corrected chi connectivity index (χ4v) is 4.75. The van der Waals surface area contributed by atoms with Crippen molar-refractivity contribution in [2.45, 2.75) is 52.2 Å². The summed E-state index contributed by atoms with van der Waals surface area (Å²) in [7, 11) is 0. The van der Waals surface area contributed by atoms with E-state index in [0.29, 0.717) is 42.0 Å². The number of benzene rings is 2. The Morgan fingerprint density at radius 1 is 1.08 bits per heavy atom. The van der Waals surface area contributed by atoms with Crippen molar-refractivity contribution in [3.8, 4) is 0 Å². The Balaban J connectivity index is 1.53. The van der Waals surface area contributed by atoms with Crippen LogP contribution in [0.1, 0.15) is 62.5 Å². The fourth-order valence-electron chi connectivity index (χ4n) is 4.53. The van der Waals surface area contributed by atoms with Gasteiger partial charge in [0.1, 0.15) is 11.4 Å². The first kappa shape index (κ1) is 28.4. The van der Waals surface area contributed by atoms with Crippen LogP contribution in [0.2, 0.25) is 5.02 Å². The molecule has 3 aromatic rings. The lowest BCUT2D eigenvalue weighted by atomic mass is 9.96. The first-order chi connectivity index (χ1) is 18.6. The molecule has 0 aliphatic carbocycles. The van der Waals surface area contributed by atoms with Gasteiger partial charge >= 0.3 is 6.09 Å². The molecule has 1 aliphatic heterocycles. The Morgan fingerprint density at radius 2 is 1.74 bits per heavy atom. The van der Waals surface area contributed by atoms with Crippen LogP contribution in [-0.2, 0) is 4.74 Å². The molecular formula is C30H36ClN5O3. The number of hydrogen-bond donors (Lipinski definition) is 1. The minimum Gasteiger partial charge on any atom is -0.444 e. The number of likely N-dealkylation sites (tertiary alicyclic amines) is 1. The summed E-state index contributed by atoms with van der Waals surface area (Å²) < 4.78 is 5.53. The van der Waals surface area contributed by atoms with E-state index in [9.17, 15) is 9.59 Å². The van der Waals surface area contributed by atoms with Gasteiger partial charge in [0, 0.05) is 25.8 Å². The zero-order valence-electron chi connectivity index (χ0n) is 22.9. The molecule has 1 aliphatic rings. The molecule has 206 valence electrons. The normalized spacial score (nSPS) is 14.9. The van der Waals surface area contributed by atoms with E-state index >= 15 is 0 Å². The van der Waals surface area contributed by atoms with Crippen LogP contribution < -0.4 is 10.2 Å². The maximum Gasteiger partial charge on any atom is 0.410 e. The molecule has 2 aromatic carbocycles. The summed E-state index contributed by atoms with van der Waals surface area (Å²) in [4.78, 5) is 38.9. The SMILES string of the molecule is C[C@H](Nc1nccc(N(CC2CCN(C(=O)OC(C)(C)C)CC2)C(=O)c2ccccc2Cl)n1)c1ccccc1. The average molecular weight is 550 g/mol. The standard InChI is InChI=1S/C30H36ClN5O3/c1-21(23-10-6-5-7-11-23)33-28-32-17-14-26(34-28)36(27(37)24-12-8-9-13-25(24)31)20-22-15-18-35(19-16-22)29(38)39-30(2,3)4/h5-14,17,21-22H,15-16,18-20H2,1-4H3,(H,32,33,34)/t21-/m0/s1. The number of hydrogen-bond acceptors (Lipinski definition) is 6. The van der Waals surface area contributed by atoms with Crippen molar-refractivity contribution in [3.63, 3.8) is 0 Å². The lowest BCUT2D eigenvalue weighted by molar-refractivity contribution is 0.0185. The molecule has 9 heteroatoms. The van der Waals surface area contributed by atoms with Crippen molar-refractivity contribution in [3.05, 3.63) is 83.0 Å². The largest absolute Gasteiger partial charge is 0.444 e. The van der Waals surface area contributed by atoms with E-state index in [-0.39, 0.29) is 24.0 Å². The van der Waals surface area contributed by atoms with Gasteiger partial charge in [0.25, 0.3) is 5.91 Å². The number of aromatic nitrogens is 2. The number of nitrogens with zero attached hydrogens (tertiary/aromatic N) is 4. The molecule has 0 saturated carbocycles. The van der Waals surface area contributed by atoms with Crippen LogP contribution >= 0.6 is 11.6 Å². The molecule has 1 N–H and O–H groups in total. The minimum absolute atomic E-state index is 0.0219. The molecule has 2 amide bonds. The Kier molecular flexibility index (Phi) is 9.07. The van der Waals surface area contributed by atoms with Gasteiger partial charge in [0.2, 0.25) is 5.95 Å². The Bertz CT molecular complexity index is 1270. The summed E-state index contributed by atoms with van der Waals surface area (Å²) in [6.45, 7) is 9.20. The van der Waals surface area contributed by atoms with Gasteiger partial charge in [-0.2, -0.15) is 4.98 Å². The van der Waals surface area contributed by atoms with Crippen molar-refractivity contribution in [1.82, 2.24) is 14.9 Å². The summed E-state index contributed by atoms with van der Waals surface area (Å²) in [5, 5.41) is 3.73. The van der Waals surface area contributed by atoms with E-state index < -0.39 is 5.60 Å². The average Bonchev–Trinajstić information content (AvgIpc) is 2.91. The van der Waals surface area contributed by atoms with Crippen LogP contribution in [0.5, 0.6) is 0 Å². The van der Waals surface area contributed by atoms with E-state index in [4.69, 9.17) is 21.3 Å². The third-order valence-corrected chi connectivity index (χ3v) is 6.95. The predicted octanol–water partition coefficient (Wildman–Crippen LogP) is 6.60. The highest BCUT2D eigenvalue weighted by Crippen LogP contribution is 2.27. The summed E-state index contributed by atoms with van der Waals surface area (Å²) in [5.74, 6) is 0.869. The molecule has 0 unspecified atom stereocenters. The highest BCUT2D eigenvalue weighted by atomic mass is 35.5. The monoisotopic (exact) mass is 549 g/mol. The Hall–Kier alpha value is -3.65. The third kappa shape index (κ3) is 7.69. The highest BCUT2D eigenvalue weighted by molar-refractivity contribution is 6.34. The van der Waals surface area contributed by atoms with Gasteiger partial charge in [-0.1, -0.05) is 54.1 Å². The zero-order valence-corrected chi connectivity index (χ0v) is 23.7. The van der Waals surface area contributed by atoms with Gasteiger partial charge in [0.15, 0.2) is 0 Å². The van der Waals surface area contributed by atoms with Crippen molar-refractivity contribution in [2.24, 2.45) is 5.92 Å². The number of piperidine rings is 1. The first-order valence-corrected chi connectivity index (χ1v) is 13.7. The number of amides is 2. The zero-order chi connectivity index (χ0) is 28.0. The summed E-state index contributed by atoms with van der Waals surface area (Å²) in [6.07, 6.45) is 2.84. The quantitative estimate of drug-likeness (QED) is 0.357. The number of carbonyl (C=O) groups is 2. The second-order valence-electron chi connectivity index (χ2n) is 10.8. The lowest BCUT2D eigenvalue weighted by Gasteiger charge is -2.35. The van der Waals surface area contributed by atoms with Crippen molar-refractivity contribution in [2.75, 3.05) is 29.9 Å². The second-order valence-corrected chi connectivity index (χ2v) is 11.2. The van der Waals surface area contributed by atoms with Gasteiger partial charge in [-0.3, -0.25) is 9.69 Å². The summed E-state index contributed by atoms with van der Waals surface area (Å²) >= 11 is 6.42. The van der Waals surface area contributed by atoms with Crippen LogP contribution in [0, 0.1) is 5.92 Å². The Labute approximate surface area is 235 Å².